The predicted octanol–water partition coefficient (Wildman–Crippen LogP) is 12.8. The highest BCUT2D eigenvalue weighted by Crippen LogP contribution is 2.58. The van der Waals surface area contributed by atoms with E-state index in [1.165, 1.54) is 7.11 Å². The second kappa shape index (κ2) is 15.0. The maximum Gasteiger partial charge on any atom is 0.317 e. The molecule has 0 aliphatic rings. The summed E-state index contributed by atoms with van der Waals surface area (Å²) in [5.41, 5.74) is 0.563. The van der Waals surface area contributed by atoms with Crippen molar-refractivity contribution in [2.45, 2.75) is 103 Å². The number of methoxy groups -OCH3 is 1. The Labute approximate surface area is 300 Å². The molecular formula is C42H58N4O4. The number of hydrogen-bond donors (Lipinski definition) is 0. The van der Waals surface area contributed by atoms with Crippen molar-refractivity contribution in [2.24, 2.45) is 52.9 Å². The van der Waals surface area contributed by atoms with E-state index >= 15 is 0 Å². The number of aryl methyl sites for hydroxylation is 1. The van der Waals surface area contributed by atoms with Gasteiger partial charge in [0.05, 0.1) is 40.7 Å². The van der Waals surface area contributed by atoms with Gasteiger partial charge in [-0.2, -0.15) is 20.5 Å². The molecule has 2 atom stereocenters. The molecule has 3 aromatic carbocycles. The van der Waals surface area contributed by atoms with Crippen molar-refractivity contribution in [1.82, 2.24) is 0 Å². The minimum atomic E-state index is -0.852. The number of azo groups is 2. The minimum absolute atomic E-state index is 0.218. The molecule has 0 heterocycles. The van der Waals surface area contributed by atoms with Gasteiger partial charge in [0.2, 0.25) is 0 Å². The van der Waals surface area contributed by atoms with Gasteiger partial charge >= 0.3 is 11.9 Å². The average molecular weight is 683 g/mol. The van der Waals surface area contributed by atoms with E-state index in [4.69, 9.17) is 9.47 Å². The number of rotatable bonds is 12. The summed E-state index contributed by atoms with van der Waals surface area (Å²) in [5, 5.41) is 17.3. The fraction of sp³-hybridized carbons (Fsp3) is 0.524. The number of carbonyl (C=O) groups is 2. The van der Waals surface area contributed by atoms with Gasteiger partial charge in [-0.05, 0) is 115 Å². The quantitative estimate of drug-likeness (QED) is 0.108. The number of hydrogen-bond acceptors (Lipinski definition) is 8. The van der Waals surface area contributed by atoms with Crippen molar-refractivity contribution in [3.05, 3.63) is 78.4 Å². The first-order valence-corrected chi connectivity index (χ1v) is 17.4. The molecule has 0 aliphatic heterocycles. The standard InChI is InChI=1S/C42H58N4O4/c1-29-26-33(46-45-32-22-20-31(21-23-32)44-43-30-18-16-15-17-19-30)24-25-34(29)50-36(48)42(13,38(5,6)7)28-40(10,11)39(8,9)27-41(12,35(47)49-14)37(2,3)4/h15-26H,27-28H2,1-14H3. The lowest BCUT2D eigenvalue weighted by Crippen LogP contribution is -2.51. The van der Waals surface area contributed by atoms with Crippen LogP contribution in [0.1, 0.15) is 101 Å². The molecule has 0 amide bonds. The maximum absolute atomic E-state index is 14.2. The third-order valence-corrected chi connectivity index (χ3v) is 11.3. The number of benzene rings is 3. The summed E-state index contributed by atoms with van der Waals surface area (Å²) >= 11 is 0. The zero-order chi connectivity index (χ0) is 37.8. The second-order valence-electron chi connectivity index (χ2n) is 17.4. The summed E-state index contributed by atoms with van der Waals surface area (Å²) in [4.78, 5) is 27.4. The van der Waals surface area contributed by atoms with Crippen molar-refractivity contribution >= 4 is 34.7 Å². The van der Waals surface area contributed by atoms with Crippen LogP contribution >= 0.6 is 0 Å². The first-order valence-electron chi connectivity index (χ1n) is 17.4. The number of nitrogens with zero attached hydrogens (tertiary/aromatic N) is 4. The highest BCUT2D eigenvalue weighted by Gasteiger charge is 2.56. The molecule has 2 unspecified atom stereocenters. The van der Waals surface area contributed by atoms with Crippen LogP contribution in [0, 0.1) is 39.4 Å². The van der Waals surface area contributed by atoms with Crippen LogP contribution in [0.15, 0.2) is 93.3 Å². The summed E-state index contributed by atoms with van der Waals surface area (Å²) in [7, 11) is 1.45. The van der Waals surface area contributed by atoms with Crippen molar-refractivity contribution in [2.75, 3.05) is 7.11 Å². The lowest BCUT2D eigenvalue weighted by Gasteiger charge is -2.53. The topological polar surface area (TPSA) is 102 Å². The number of carbonyl (C=O) groups excluding carboxylic acids is 2. The first kappa shape index (κ1) is 40.2. The molecule has 3 rings (SSSR count). The first-order chi connectivity index (χ1) is 23.0. The van der Waals surface area contributed by atoms with E-state index in [1.807, 2.05) is 81.4 Å². The van der Waals surface area contributed by atoms with Crippen LogP contribution in [0.25, 0.3) is 0 Å². The Hall–Kier alpha value is -4.20. The molecule has 0 saturated carbocycles. The maximum atomic E-state index is 14.2. The number of esters is 2. The third kappa shape index (κ3) is 9.12. The molecule has 0 N–H and O–H groups in total. The van der Waals surface area contributed by atoms with Crippen LogP contribution in [0.5, 0.6) is 5.75 Å². The molecule has 0 aliphatic carbocycles. The lowest BCUT2D eigenvalue weighted by atomic mass is 9.50. The Morgan fingerprint density at radius 1 is 0.540 bits per heavy atom. The fourth-order valence-corrected chi connectivity index (χ4v) is 6.09. The van der Waals surface area contributed by atoms with Gasteiger partial charge in [-0.25, -0.2) is 0 Å². The molecule has 8 nitrogen and oxygen atoms in total. The van der Waals surface area contributed by atoms with Gasteiger partial charge in [-0.15, -0.1) is 0 Å². The molecule has 270 valence electrons. The molecule has 0 bridgehead atoms. The van der Waals surface area contributed by atoms with Gasteiger partial charge in [-0.1, -0.05) is 87.4 Å². The van der Waals surface area contributed by atoms with Crippen LogP contribution in [-0.2, 0) is 14.3 Å². The largest absolute Gasteiger partial charge is 0.469 e. The Morgan fingerprint density at radius 2 is 0.920 bits per heavy atom. The Kier molecular flexibility index (Phi) is 12.0. The summed E-state index contributed by atoms with van der Waals surface area (Å²) in [6, 6.07) is 22.3. The smallest absolute Gasteiger partial charge is 0.317 e. The Balaban J connectivity index is 1.79. The molecular weight excluding hydrogens is 624 g/mol. The summed E-state index contributed by atoms with van der Waals surface area (Å²) in [6.45, 7) is 27.2. The van der Waals surface area contributed by atoms with Crippen molar-refractivity contribution in [3.63, 3.8) is 0 Å². The SMILES string of the molecule is COC(=O)C(C)(CC(C)(C)C(C)(C)CC(C)(C(=O)Oc1ccc(N=Nc2ccc(N=Nc3ccccc3)cc2)cc1C)C(C)(C)C)C(C)(C)C. The molecule has 0 spiro atoms. The van der Waals surface area contributed by atoms with Crippen molar-refractivity contribution in [1.29, 1.82) is 0 Å². The second-order valence-corrected chi connectivity index (χ2v) is 17.4. The molecule has 0 aromatic heterocycles. The van der Waals surface area contributed by atoms with Gasteiger partial charge in [0.25, 0.3) is 0 Å². The summed E-state index contributed by atoms with van der Waals surface area (Å²) in [5.74, 6) is -0.0203. The predicted molar refractivity (Wildman–Crippen MR) is 202 cm³/mol. The normalized spacial score (nSPS) is 15.5. The van der Waals surface area contributed by atoms with E-state index in [9.17, 15) is 9.59 Å². The zero-order valence-electron chi connectivity index (χ0n) is 32.8. The molecule has 0 fully saturated rings. The van der Waals surface area contributed by atoms with Crippen LogP contribution in [0.4, 0.5) is 22.7 Å². The highest BCUT2D eigenvalue weighted by atomic mass is 16.5. The summed E-state index contributed by atoms with van der Waals surface area (Å²) < 4.78 is 11.5. The fourth-order valence-electron chi connectivity index (χ4n) is 6.09. The van der Waals surface area contributed by atoms with E-state index in [0.717, 1.165) is 11.3 Å². The van der Waals surface area contributed by atoms with Crippen LogP contribution in [0.2, 0.25) is 0 Å². The van der Waals surface area contributed by atoms with Crippen molar-refractivity contribution < 1.29 is 19.1 Å². The molecule has 50 heavy (non-hydrogen) atoms. The minimum Gasteiger partial charge on any atom is -0.469 e. The summed E-state index contributed by atoms with van der Waals surface area (Å²) in [6.07, 6.45) is 1.14. The van der Waals surface area contributed by atoms with Gasteiger partial charge < -0.3 is 9.47 Å². The third-order valence-electron chi connectivity index (χ3n) is 11.3. The van der Waals surface area contributed by atoms with E-state index in [-0.39, 0.29) is 28.2 Å². The molecule has 0 radical (unpaired) electrons. The Bertz CT molecular complexity index is 1700. The average Bonchev–Trinajstić information content (AvgIpc) is 3.02. The highest BCUT2D eigenvalue weighted by molar-refractivity contribution is 5.80. The van der Waals surface area contributed by atoms with E-state index in [0.29, 0.717) is 35.7 Å². The zero-order valence-corrected chi connectivity index (χ0v) is 32.8. The van der Waals surface area contributed by atoms with Crippen LogP contribution in [-0.4, -0.2) is 19.0 Å². The van der Waals surface area contributed by atoms with Crippen LogP contribution in [0.3, 0.4) is 0 Å². The van der Waals surface area contributed by atoms with E-state index in [2.05, 4.69) is 89.7 Å². The molecule has 8 heteroatoms. The lowest BCUT2D eigenvalue weighted by molar-refractivity contribution is -0.167. The van der Waals surface area contributed by atoms with Gasteiger partial charge in [0, 0.05) is 0 Å². The van der Waals surface area contributed by atoms with Gasteiger partial charge in [0.1, 0.15) is 5.75 Å². The number of ether oxygens (including phenoxy) is 2. The monoisotopic (exact) mass is 682 g/mol. The van der Waals surface area contributed by atoms with Crippen LogP contribution < -0.4 is 4.74 Å². The van der Waals surface area contributed by atoms with Gasteiger partial charge in [-0.3, -0.25) is 9.59 Å². The Morgan fingerprint density at radius 3 is 1.32 bits per heavy atom. The molecule has 0 saturated heterocycles. The van der Waals surface area contributed by atoms with Gasteiger partial charge in [0.15, 0.2) is 0 Å². The van der Waals surface area contributed by atoms with Crippen molar-refractivity contribution in [3.8, 4) is 5.75 Å². The van der Waals surface area contributed by atoms with E-state index in [1.54, 1.807) is 12.1 Å². The molecule has 3 aromatic rings. The van der Waals surface area contributed by atoms with E-state index < -0.39 is 16.2 Å².